The molecule has 1 saturated heterocycles. The number of aliphatic hydroxyl groups is 1. The smallest absolute Gasteiger partial charge is 0.336 e. The van der Waals surface area contributed by atoms with Crippen molar-refractivity contribution in [2.75, 3.05) is 31.9 Å². The summed E-state index contributed by atoms with van der Waals surface area (Å²) in [5.74, 6) is -0.394. The molecule has 0 bridgehead atoms. The fourth-order valence-electron chi connectivity index (χ4n) is 4.73. The fraction of sp³-hybridized carbons (Fsp3) is 0.464. The molecule has 3 atom stereocenters. The zero-order valence-corrected chi connectivity index (χ0v) is 23.2. The average Bonchev–Trinajstić information content (AvgIpc) is 3.18. The van der Waals surface area contributed by atoms with E-state index in [0.717, 1.165) is 4.74 Å². The lowest BCUT2D eigenvalue weighted by Gasteiger charge is -2.31. The van der Waals surface area contributed by atoms with Gasteiger partial charge in [0.25, 0.3) is 5.91 Å². The van der Waals surface area contributed by atoms with Crippen LogP contribution in [0.2, 0.25) is 0 Å². The van der Waals surface area contributed by atoms with Gasteiger partial charge < -0.3 is 25.7 Å². The molecule has 1 fully saturated rings. The molecule has 3 aliphatic rings. The third kappa shape index (κ3) is 6.82. The standard InChI is InChI=1S/C28H38N8O4/c1-28(2,3)40-27(38)35-13-7-12-34(14-15-35)26(37)18-10-11-20(21(29)16-18)22-17-32-24(30)23(33-22)25(31)36(39)19-8-5-4-6-9-19/h4-6,8,10-11,16-17,19,22,27,30-31,38-39H,7,9,12-15,29H2,1-3H3/p+1. The highest BCUT2D eigenvalue weighted by Gasteiger charge is 2.30. The van der Waals surface area contributed by atoms with E-state index in [4.69, 9.17) is 21.6 Å². The van der Waals surface area contributed by atoms with Crippen molar-refractivity contribution in [3.63, 3.8) is 0 Å². The number of nitrogens with one attached hydrogen (secondary N) is 1. The van der Waals surface area contributed by atoms with Crippen molar-refractivity contribution < 1.29 is 24.6 Å². The molecule has 0 spiro atoms. The number of hydrogen-bond donors (Lipinski definition) is 5. The molecule has 0 saturated carbocycles. The van der Waals surface area contributed by atoms with E-state index < -0.39 is 18.1 Å². The molecule has 40 heavy (non-hydrogen) atoms. The average molecular weight is 552 g/mol. The number of aliphatic imine (C=N–C) groups is 2. The van der Waals surface area contributed by atoms with Crippen molar-refractivity contribution in [3.8, 4) is 0 Å². The lowest BCUT2D eigenvalue weighted by Crippen LogP contribution is -2.44. The highest BCUT2D eigenvalue weighted by molar-refractivity contribution is 6.66. The molecule has 0 radical (unpaired) electrons. The van der Waals surface area contributed by atoms with Gasteiger partial charge in [-0.1, -0.05) is 29.0 Å². The number of rotatable bonds is 6. The van der Waals surface area contributed by atoms with Gasteiger partial charge >= 0.3 is 5.84 Å². The maximum Gasteiger partial charge on any atom is 0.336 e. The number of nitrogens with zero attached hydrogens (tertiary/aromatic N) is 5. The molecule has 1 aromatic rings. The van der Waals surface area contributed by atoms with Crippen molar-refractivity contribution in [2.24, 2.45) is 15.7 Å². The summed E-state index contributed by atoms with van der Waals surface area (Å²) in [6, 6.07) is 4.02. The first-order valence-corrected chi connectivity index (χ1v) is 13.4. The number of amides is 1. The number of hydroxylamine groups is 1. The van der Waals surface area contributed by atoms with Crippen molar-refractivity contribution in [1.82, 2.24) is 9.80 Å². The number of nitrogens with two attached hydrogens (primary N) is 2. The third-order valence-corrected chi connectivity index (χ3v) is 6.84. The molecule has 7 N–H and O–H groups in total. The van der Waals surface area contributed by atoms with Crippen LogP contribution in [0.25, 0.3) is 0 Å². The number of carbonyl (C=O) groups excluding carboxylic acids is 1. The highest BCUT2D eigenvalue weighted by atomic mass is 16.6. The summed E-state index contributed by atoms with van der Waals surface area (Å²) in [5, 5.41) is 29.3. The normalized spacial score (nSPS) is 23.4. The molecule has 0 aromatic heterocycles. The van der Waals surface area contributed by atoms with Gasteiger partial charge in [0.05, 0.1) is 5.60 Å². The number of nitrogen functional groups attached to an aromatic ring is 1. The number of anilines is 1. The first-order valence-electron chi connectivity index (χ1n) is 13.4. The summed E-state index contributed by atoms with van der Waals surface area (Å²) in [6.07, 6.45) is 9.12. The number of allylic oxidation sites excluding steroid dienone is 2. The Labute approximate surface area is 234 Å². The second kappa shape index (κ2) is 12.1. The van der Waals surface area contributed by atoms with Gasteiger partial charge in [-0.25, -0.2) is 4.99 Å². The van der Waals surface area contributed by atoms with Crippen LogP contribution in [0.15, 0.2) is 52.5 Å². The van der Waals surface area contributed by atoms with Crippen molar-refractivity contribution >= 4 is 35.2 Å². The minimum atomic E-state index is -1.03. The van der Waals surface area contributed by atoms with Gasteiger partial charge in [-0.05, 0) is 45.4 Å². The molecule has 1 amide bonds. The van der Waals surface area contributed by atoms with Gasteiger partial charge in [-0.3, -0.25) is 25.8 Å². The van der Waals surface area contributed by atoms with E-state index in [1.54, 1.807) is 29.2 Å². The van der Waals surface area contributed by atoms with Crippen LogP contribution in [0.1, 0.15) is 55.6 Å². The highest BCUT2D eigenvalue weighted by Crippen LogP contribution is 2.26. The Morgan fingerprint density at radius 1 is 1.23 bits per heavy atom. The number of benzene rings is 1. The van der Waals surface area contributed by atoms with Gasteiger partial charge in [-0.2, -0.15) is 0 Å². The molecular formula is C28H39N8O4+. The van der Waals surface area contributed by atoms with E-state index >= 15 is 0 Å². The van der Waals surface area contributed by atoms with Crippen LogP contribution in [-0.2, 0) is 4.74 Å². The zero-order valence-electron chi connectivity index (χ0n) is 23.2. The van der Waals surface area contributed by atoms with E-state index in [9.17, 15) is 15.1 Å². The number of hydrogen-bond acceptors (Lipinski definition) is 8. The van der Waals surface area contributed by atoms with E-state index in [1.165, 1.54) is 6.21 Å². The molecule has 1 aliphatic carbocycles. The Morgan fingerprint density at radius 3 is 2.67 bits per heavy atom. The van der Waals surface area contributed by atoms with E-state index in [2.05, 4.69) is 9.98 Å². The predicted molar refractivity (Wildman–Crippen MR) is 154 cm³/mol. The van der Waals surface area contributed by atoms with Crippen LogP contribution in [0.5, 0.6) is 0 Å². The minimum Gasteiger partial charge on any atom is -0.398 e. The second-order valence-corrected chi connectivity index (χ2v) is 11.0. The minimum absolute atomic E-state index is 0.0595. The second-order valence-electron chi connectivity index (χ2n) is 11.0. The number of aliphatic hydroxyl groups excluding tert-OH is 1. The number of carbonyl (C=O) groups is 1. The quantitative estimate of drug-likeness (QED) is 0.0679. The third-order valence-electron chi connectivity index (χ3n) is 6.84. The Bertz CT molecular complexity index is 1290. The van der Waals surface area contributed by atoms with Gasteiger partial charge in [0, 0.05) is 55.6 Å². The Kier molecular flexibility index (Phi) is 8.82. The lowest BCUT2D eigenvalue weighted by atomic mass is 10.0. The molecule has 12 heteroatoms. The van der Waals surface area contributed by atoms with Crippen LogP contribution in [0, 0.1) is 5.41 Å². The van der Waals surface area contributed by atoms with Gasteiger partial charge in [0.1, 0.15) is 6.04 Å². The number of ether oxygens (including phenoxy) is 1. The molecule has 4 rings (SSSR count). The zero-order chi connectivity index (χ0) is 29.0. The summed E-state index contributed by atoms with van der Waals surface area (Å²) in [7, 11) is 0. The molecule has 3 unspecified atom stereocenters. The van der Waals surface area contributed by atoms with E-state index in [0.29, 0.717) is 55.8 Å². The summed E-state index contributed by atoms with van der Waals surface area (Å²) in [4.78, 5) is 25.6. The molecule has 1 aromatic carbocycles. The largest absolute Gasteiger partial charge is 0.398 e. The first-order chi connectivity index (χ1) is 18.9. The lowest BCUT2D eigenvalue weighted by molar-refractivity contribution is -0.791. The Hall–Kier alpha value is -3.87. The predicted octanol–water partition coefficient (Wildman–Crippen LogP) is 1.70. The van der Waals surface area contributed by atoms with Crippen molar-refractivity contribution in [3.05, 3.63) is 53.6 Å². The Balaban J connectivity index is 1.48. The van der Waals surface area contributed by atoms with Crippen molar-refractivity contribution in [1.29, 1.82) is 5.41 Å². The monoisotopic (exact) mass is 551 g/mol. The molecule has 2 aliphatic heterocycles. The van der Waals surface area contributed by atoms with Crippen LogP contribution < -0.4 is 11.5 Å². The molecule has 214 valence electrons. The summed E-state index contributed by atoms with van der Waals surface area (Å²) in [6.45, 7) is 7.72. The Morgan fingerprint density at radius 2 is 2.00 bits per heavy atom. The molecular weight excluding hydrogens is 512 g/mol. The summed E-state index contributed by atoms with van der Waals surface area (Å²) >= 11 is 0. The van der Waals surface area contributed by atoms with Crippen LogP contribution in [0.4, 0.5) is 5.69 Å². The summed E-state index contributed by atoms with van der Waals surface area (Å²) < 4.78 is 6.56. The van der Waals surface area contributed by atoms with E-state index in [1.807, 2.05) is 43.9 Å². The number of amidine groups is 2. The van der Waals surface area contributed by atoms with Crippen LogP contribution >= 0.6 is 0 Å². The molecule has 12 nitrogen and oxygen atoms in total. The van der Waals surface area contributed by atoms with Crippen LogP contribution in [-0.4, -0.2) is 98.6 Å². The van der Waals surface area contributed by atoms with Gasteiger partial charge in [-0.15, -0.1) is 0 Å². The maximum absolute atomic E-state index is 13.3. The van der Waals surface area contributed by atoms with E-state index in [-0.39, 0.29) is 29.3 Å². The maximum atomic E-state index is 13.3. The van der Waals surface area contributed by atoms with Gasteiger partial charge in [0.2, 0.25) is 6.41 Å². The molecule has 2 heterocycles. The fourth-order valence-corrected chi connectivity index (χ4v) is 4.73. The van der Waals surface area contributed by atoms with Crippen molar-refractivity contribution in [2.45, 2.75) is 57.7 Å². The SMILES string of the molecule is CC(C)(C)OC(O)N1CCCN(C(=O)c2ccc(C3C=NC(=N)C(C(N)=[N+](O)C4C=CC=CC4)=N3)c(N)c2)CC1. The van der Waals surface area contributed by atoms with Gasteiger partial charge in [0.15, 0.2) is 17.6 Å². The topological polar surface area (TPSA) is 177 Å². The van der Waals surface area contributed by atoms with Crippen LogP contribution in [0.3, 0.4) is 0 Å². The summed E-state index contributed by atoms with van der Waals surface area (Å²) in [5.41, 5.74) is 13.5. The first kappa shape index (κ1) is 29.1.